The number of anilines is 2. The van der Waals surface area contributed by atoms with Gasteiger partial charge in [0.25, 0.3) is 0 Å². The summed E-state index contributed by atoms with van der Waals surface area (Å²) >= 11 is 1.80. The van der Waals surface area contributed by atoms with Gasteiger partial charge in [-0.2, -0.15) is 0 Å². The first kappa shape index (κ1) is 21.4. The zero-order valence-corrected chi connectivity index (χ0v) is 19.6. The molecule has 168 valence electrons. The van der Waals surface area contributed by atoms with Crippen LogP contribution in [0.25, 0.3) is 10.2 Å². The summed E-state index contributed by atoms with van der Waals surface area (Å²) in [7, 11) is 0. The van der Waals surface area contributed by atoms with Crippen LogP contribution in [0.3, 0.4) is 0 Å². The highest BCUT2D eigenvalue weighted by Gasteiger charge is 2.29. The van der Waals surface area contributed by atoms with Crippen LogP contribution in [-0.4, -0.2) is 48.0 Å². The SMILES string of the molecule is C[C@H](C(=O)Nc1ccc(N2CCCCC2)cc1)N1CCC[C@H](c2nc3ccccc3s2)C1. The fourth-order valence-electron chi connectivity index (χ4n) is 4.94. The largest absolute Gasteiger partial charge is 0.372 e. The number of fused-ring (bicyclic) bond motifs is 1. The van der Waals surface area contributed by atoms with E-state index in [2.05, 4.69) is 45.4 Å². The van der Waals surface area contributed by atoms with Crippen molar-refractivity contribution in [1.29, 1.82) is 0 Å². The Kier molecular flexibility index (Phi) is 6.42. The van der Waals surface area contributed by atoms with Crippen molar-refractivity contribution in [3.8, 4) is 0 Å². The normalized spacial score (nSPS) is 20.9. The van der Waals surface area contributed by atoms with Crippen LogP contribution in [0.15, 0.2) is 48.5 Å². The summed E-state index contributed by atoms with van der Waals surface area (Å²) in [5, 5.41) is 4.34. The minimum absolute atomic E-state index is 0.0701. The molecule has 2 aliphatic rings. The van der Waals surface area contributed by atoms with Crippen LogP contribution in [0.5, 0.6) is 0 Å². The van der Waals surface area contributed by atoms with Gasteiger partial charge in [0.1, 0.15) is 0 Å². The monoisotopic (exact) mass is 448 g/mol. The number of rotatable bonds is 5. The third-order valence-corrected chi connectivity index (χ3v) is 8.09. The van der Waals surface area contributed by atoms with Crippen LogP contribution in [0.1, 0.15) is 50.0 Å². The molecule has 2 atom stereocenters. The smallest absolute Gasteiger partial charge is 0.241 e. The Morgan fingerprint density at radius 2 is 1.81 bits per heavy atom. The zero-order valence-electron chi connectivity index (χ0n) is 18.8. The Bertz CT molecular complexity index is 1020. The van der Waals surface area contributed by atoms with Gasteiger partial charge in [-0.15, -0.1) is 11.3 Å². The molecule has 0 unspecified atom stereocenters. The first-order valence-corrected chi connectivity index (χ1v) is 12.7. The minimum Gasteiger partial charge on any atom is -0.372 e. The van der Waals surface area contributed by atoms with Gasteiger partial charge in [-0.05, 0) is 82.0 Å². The summed E-state index contributed by atoms with van der Waals surface area (Å²) in [6.07, 6.45) is 6.11. The Balaban J connectivity index is 1.20. The van der Waals surface area contributed by atoms with Crippen LogP contribution >= 0.6 is 11.3 Å². The molecule has 2 fully saturated rings. The zero-order chi connectivity index (χ0) is 21.9. The number of likely N-dealkylation sites (tertiary alicyclic amines) is 1. The third kappa shape index (κ3) is 4.66. The summed E-state index contributed by atoms with van der Waals surface area (Å²) in [5.41, 5.74) is 3.22. The number of carbonyl (C=O) groups excluding carboxylic acids is 1. The molecular formula is C26H32N4OS. The Hall–Kier alpha value is -2.44. The minimum atomic E-state index is -0.158. The van der Waals surface area contributed by atoms with Gasteiger partial charge in [0.05, 0.1) is 21.3 Å². The highest BCUT2D eigenvalue weighted by atomic mass is 32.1. The molecule has 2 saturated heterocycles. The highest BCUT2D eigenvalue weighted by Crippen LogP contribution is 2.33. The van der Waals surface area contributed by atoms with E-state index in [9.17, 15) is 4.79 Å². The number of aromatic nitrogens is 1. The molecule has 6 heteroatoms. The molecule has 3 heterocycles. The summed E-state index contributed by atoms with van der Waals surface area (Å²) < 4.78 is 1.25. The van der Waals surface area contributed by atoms with Gasteiger partial charge >= 0.3 is 0 Å². The lowest BCUT2D eigenvalue weighted by atomic mass is 9.97. The Morgan fingerprint density at radius 3 is 2.59 bits per heavy atom. The number of para-hydroxylation sites is 1. The second-order valence-corrected chi connectivity index (χ2v) is 10.2. The summed E-state index contributed by atoms with van der Waals surface area (Å²) in [5.74, 6) is 0.473. The van der Waals surface area contributed by atoms with E-state index in [-0.39, 0.29) is 11.9 Å². The fourth-order valence-corrected chi connectivity index (χ4v) is 6.04. The molecule has 5 rings (SSSR count). The lowest BCUT2D eigenvalue weighted by Crippen LogP contribution is -2.46. The number of nitrogens with zero attached hydrogens (tertiary/aromatic N) is 3. The van der Waals surface area contributed by atoms with Crippen molar-refractivity contribution in [2.45, 2.75) is 51.0 Å². The molecule has 1 amide bonds. The van der Waals surface area contributed by atoms with E-state index in [1.54, 1.807) is 11.3 Å². The number of benzene rings is 2. The molecule has 3 aromatic rings. The van der Waals surface area contributed by atoms with E-state index >= 15 is 0 Å². The number of thiazole rings is 1. The van der Waals surface area contributed by atoms with E-state index in [1.807, 2.05) is 25.1 Å². The standard InChI is InChI=1S/C26H32N4OS/c1-19(25(31)27-21-11-13-22(14-12-21)29-15-5-2-6-16-29)30-17-7-8-20(18-30)26-28-23-9-3-4-10-24(23)32-26/h3-4,9-14,19-20H,2,5-8,15-18H2,1H3,(H,27,31)/t19-,20+/m1/s1. The molecule has 2 aliphatic heterocycles. The lowest BCUT2D eigenvalue weighted by molar-refractivity contribution is -0.121. The predicted molar refractivity (Wildman–Crippen MR) is 134 cm³/mol. The number of piperidine rings is 2. The maximum atomic E-state index is 13.0. The number of amides is 1. The molecule has 1 aromatic heterocycles. The van der Waals surface area contributed by atoms with Crippen molar-refractivity contribution in [3.63, 3.8) is 0 Å². The van der Waals surface area contributed by atoms with Crippen LogP contribution in [-0.2, 0) is 4.79 Å². The number of nitrogens with one attached hydrogen (secondary N) is 1. The average molecular weight is 449 g/mol. The third-order valence-electron chi connectivity index (χ3n) is 6.90. The predicted octanol–water partition coefficient (Wildman–Crippen LogP) is 5.49. The molecule has 0 saturated carbocycles. The van der Waals surface area contributed by atoms with Crippen molar-refractivity contribution >= 4 is 38.8 Å². The van der Waals surface area contributed by atoms with Crippen molar-refractivity contribution in [3.05, 3.63) is 53.5 Å². The van der Waals surface area contributed by atoms with Crippen molar-refractivity contribution in [1.82, 2.24) is 9.88 Å². The molecular weight excluding hydrogens is 416 g/mol. The summed E-state index contributed by atoms with van der Waals surface area (Å²) in [4.78, 5) is 22.6. The fraction of sp³-hybridized carbons (Fsp3) is 0.462. The number of hydrogen-bond acceptors (Lipinski definition) is 5. The second kappa shape index (κ2) is 9.59. The molecule has 0 spiro atoms. The highest BCUT2D eigenvalue weighted by molar-refractivity contribution is 7.18. The maximum Gasteiger partial charge on any atom is 0.241 e. The Morgan fingerprint density at radius 1 is 1.03 bits per heavy atom. The van der Waals surface area contributed by atoms with Gasteiger partial charge in [-0.25, -0.2) is 4.98 Å². The quantitative estimate of drug-likeness (QED) is 0.560. The van der Waals surface area contributed by atoms with Gasteiger partial charge in [-0.1, -0.05) is 12.1 Å². The molecule has 0 aliphatic carbocycles. The van der Waals surface area contributed by atoms with E-state index in [4.69, 9.17) is 4.98 Å². The molecule has 0 radical (unpaired) electrons. The molecule has 1 N–H and O–H groups in total. The average Bonchev–Trinajstić information content (AvgIpc) is 3.29. The van der Waals surface area contributed by atoms with Crippen molar-refractivity contribution in [2.24, 2.45) is 0 Å². The molecule has 2 aromatic carbocycles. The van der Waals surface area contributed by atoms with Crippen LogP contribution < -0.4 is 10.2 Å². The topological polar surface area (TPSA) is 48.5 Å². The molecule has 32 heavy (non-hydrogen) atoms. The number of hydrogen-bond donors (Lipinski definition) is 1. The first-order valence-electron chi connectivity index (χ1n) is 11.9. The van der Waals surface area contributed by atoms with E-state index in [0.717, 1.165) is 50.2 Å². The molecule has 0 bridgehead atoms. The van der Waals surface area contributed by atoms with Gasteiger partial charge in [0.15, 0.2) is 0 Å². The summed E-state index contributed by atoms with van der Waals surface area (Å²) in [6.45, 7) is 6.14. The number of carbonyl (C=O) groups is 1. The Labute approximate surface area is 194 Å². The van der Waals surface area contributed by atoms with E-state index in [0.29, 0.717) is 5.92 Å². The van der Waals surface area contributed by atoms with Crippen molar-refractivity contribution in [2.75, 3.05) is 36.4 Å². The van der Waals surface area contributed by atoms with E-state index in [1.165, 1.54) is 34.7 Å². The van der Waals surface area contributed by atoms with Crippen LogP contribution in [0, 0.1) is 0 Å². The van der Waals surface area contributed by atoms with Gasteiger partial charge < -0.3 is 10.2 Å². The summed E-state index contributed by atoms with van der Waals surface area (Å²) in [6, 6.07) is 16.5. The lowest BCUT2D eigenvalue weighted by Gasteiger charge is -2.35. The van der Waals surface area contributed by atoms with Gasteiger partial charge in [0.2, 0.25) is 5.91 Å². The van der Waals surface area contributed by atoms with Gasteiger partial charge in [0, 0.05) is 36.9 Å². The van der Waals surface area contributed by atoms with Crippen molar-refractivity contribution < 1.29 is 4.79 Å². The van der Waals surface area contributed by atoms with Crippen LogP contribution in [0.4, 0.5) is 11.4 Å². The molecule has 5 nitrogen and oxygen atoms in total. The first-order chi connectivity index (χ1) is 15.7. The van der Waals surface area contributed by atoms with Gasteiger partial charge in [-0.3, -0.25) is 9.69 Å². The maximum absolute atomic E-state index is 13.0. The van der Waals surface area contributed by atoms with E-state index < -0.39 is 0 Å². The van der Waals surface area contributed by atoms with Crippen LogP contribution in [0.2, 0.25) is 0 Å². The second-order valence-electron chi connectivity index (χ2n) is 9.11.